The molecule has 0 saturated carbocycles. The monoisotopic (exact) mass is 410 g/mol. The SMILES string of the molecule is O=C(C(=O)c1cc(Cl)c(F)cc1F)c1ccc2ncc(Br)cc2n1. The predicted molar refractivity (Wildman–Crippen MR) is 87.3 cm³/mol. The lowest BCUT2D eigenvalue weighted by Gasteiger charge is -2.04. The van der Waals surface area contributed by atoms with E-state index in [4.69, 9.17) is 11.6 Å². The molecule has 0 saturated heterocycles. The average Bonchev–Trinajstić information content (AvgIpc) is 2.56. The number of benzene rings is 1. The quantitative estimate of drug-likeness (QED) is 0.364. The minimum absolute atomic E-state index is 0.174. The Balaban J connectivity index is 2.02. The Hall–Kier alpha value is -2.25. The Morgan fingerprint density at radius 3 is 2.50 bits per heavy atom. The van der Waals surface area contributed by atoms with Crippen LogP contribution >= 0.6 is 27.5 Å². The Morgan fingerprint density at radius 2 is 1.75 bits per heavy atom. The van der Waals surface area contributed by atoms with Crippen molar-refractivity contribution in [2.24, 2.45) is 0 Å². The van der Waals surface area contributed by atoms with Gasteiger partial charge in [-0.1, -0.05) is 11.6 Å². The summed E-state index contributed by atoms with van der Waals surface area (Å²) in [6, 6.07) is 5.69. The smallest absolute Gasteiger partial charge is 0.251 e. The summed E-state index contributed by atoms with van der Waals surface area (Å²) in [5.41, 5.74) is 0.131. The number of fused-ring (bicyclic) bond motifs is 1. The molecule has 2 aromatic heterocycles. The molecule has 0 amide bonds. The van der Waals surface area contributed by atoms with Crippen molar-refractivity contribution in [3.8, 4) is 0 Å². The zero-order chi connectivity index (χ0) is 17.4. The van der Waals surface area contributed by atoms with E-state index >= 15 is 0 Å². The van der Waals surface area contributed by atoms with Crippen LogP contribution in [-0.2, 0) is 0 Å². The van der Waals surface area contributed by atoms with Crippen molar-refractivity contribution in [2.45, 2.75) is 0 Å². The second-order valence-electron chi connectivity index (χ2n) is 4.79. The van der Waals surface area contributed by atoms with Crippen molar-refractivity contribution >= 4 is 50.1 Å². The van der Waals surface area contributed by atoms with E-state index < -0.39 is 33.8 Å². The third-order valence-corrected chi connectivity index (χ3v) is 3.92. The fourth-order valence-electron chi connectivity index (χ4n) is 2.04. The van der Waals surface area contributed by atoms with Gasteiger partial charge in [0.2, 0.25) is 5.78 Å². The van der Waals surface area contributed by atoms with Crippen molar-refractivity contribution in [3.05, 3.63) is 68.9 Å². The molecule has 3 rings (SSSR count). The normalized spacial score (nSPS) is 10.8. The van der Waals surface area contributed by atoms with Crippen LogP contribution in [0.4, 0.5) is 8.78 Å². The first-order chi connectivity index (χ1) is 11.4. The van der Waals surface area contributed by atoms with E-state index in [-0.39, 0.29) is 5.69 Å². The van der Waals surface area contributed by atoms with Gasteiger partial charge < -0.3 is 0 Å². The van der Waals surface area contributed by atoms with Crippen LogP contribution in [0.15, 0.2) is 41.0 Å². The number of hydrogen-bond acceptors (Lipinski definition) is 4. The van der Waals surface area contributed by atoms with E-state index in [2.05, 4.69) is 25.9 Å². The molecule has 0 radical (unpaired) electrons. The Labute approximate surface area is 147 Å². The van der Waals surface area contributed by atoms with Gasteiger partial charge in [0.15, 0.2) is 0 Å². The zero-order valence-corrected chi connectivity index (χ0v) is 14.0. The standard InChI is InChI=1S/C16H6BrClF2N2O2/c17-7-3-14-12(21-6-7)1-2-13(22-14)16(24)15(23)8-4-9(18)11(20)5-10(8)19/h1-6H. The average molecular weight is 412 g/mol. The number of halogens is 4. The summed E-state index contributed by atoms with van der Waals surface area (Å²) < 4.78 is 27.6. The molecule has 0 unspecified atom stereocenters. The maximum Gasteiger partial charge on any atom is 0.251 e. The topological polar surface area (TPSA) is 59.9 Å². The summed E-state index contributed by atoms with van der Waals surface area (Å²) >= 11 is 8.77. The second-order valence-corrected chi connectivity index (χ2v) is 6.12. The summed E-state index contributed by atoms with van der Waals surface area (Å²) in [6.07, 6.45) is 1.56. The minimum Gasteiger partial charge on any atom is -0.285 e. The number of ketones is 2. The summed E-state index contributed by atoms with van der Waals surface area (Å²) in [4.78, 5) is 32.6. The molecule has 0 aliphatic rings. The highest BCUT2D eigenvalue weighted by Gasteiger charge is 2.24. The molecular formula is C16H6BrClF2N2O2. The maximum atomic E-state index is 13.8. The van der Waals surface area contributed by atoms with Crippen molar-refractivity contribution in [2.75, 3.05) is 0 Å². The highest BCUT2D eigenvalue weighted by Crippen LogP contribution is 2.21. The molecule has 0 fully saturated rings. The van der Waals surface area contributed by atoms with Gasteiger partial charge in [-0.3, -0.25) is 14.6 Å². The highest BCUT2D eigenvalue weighted by atomic mass is 79.9. The fraction of sp³-hybridized carbons (Fsp3) is 0. The van der Waals surface area contributed by atoms with Crippen molar-refractivity contribution in [1.29, 1.82) is 0 Å². The lowest BCUT2D eigenvalue weighted by atomic mass is 10.0. The lowest BCUT2D eigenvalue weighted by Crippen LogP contribution is -2.17. The number of carbonyl (C=O) groups is 2. The zero-order valence-electron chi connectivity index (χ0n) is 11.7. The van der Waals surface area contributed by atoms with Crippen LogP contribution in [0.3, 0.4) is 0 Å². The van der Waals surface area contributed by atoms with Crippen LogP contribution in [0.5, 0.6) is 0 Å². The van der Waals surface area contributed by atoms with Gasteiger partial charge in [-0.05, 0) is 40.2 Å². The summed E-state index contributed by atoms with van der Waals surface area (Å²) in [7, 11) is 0. The van der Waals surface area contributed by atoms with Gasteiger partial charge in [-0.2, -0.15) is 0 Å². The Morgan fingerprint density at radius 1 is 1.00 bits per heavy atom. The van der Waals surface area contributed by atoms with Gasteiger partial charge in [-0.25, -0.2) is 13.8 Å². The van der Waals surface area contributed by atoms with Crippen LogP contribution in [0.1, 0.15) is 20.8 Å². The fourth-order valence-corrected chi connectivity index (χ4v) is 2.53. The molecule has 0 spiro atoms. The first kappa shape index (κ1) is 16.6. The van der Waals surface area contributed by atoms with Crippen LogP contribution in [-0.4, -0.2) is 21.5 Å². The van der Waals surface area contributed by atoms with E-state index in [0.717, 1.165) is 6.07 Å². The van der Waals surface area contributed by atoms with Crippen LogP contribution in [0.2, 0.25) is 5.02 Å². The minimum atomic E-state index is -1.17. The highest BCUT2D eigenvalue weighted by molar-refractivity contribution is 9.10. The first-order valence-corrected chi connectivity index (χ1v) is 7.70. The number of nitrogens with zero attached hydrogens (tertiary/aromatic N) is 2. The molecule has 0 atom stereocenters. The number of pyridine rings is 2. The van der Waals surface area contributed by atoms with Gasteiger partial charge in [0.25, 0.3) is 5.78 Å². The van der Waals surface area contributed by atoms with E-state index in [1.54, 1.807) is 12.3 Å². The Kier molecular flexibility index (Phi) is 4.38. The molecule has 8 heteroatoms. The van der Waals surface area contributed by atoms with E-state index in [0.29, 0.717) is 21.6 Å². The summed E-state index contributed by atoms with van der Waals surface area (Å²) in [5.74, 6) is -4.37. The molecule has 0 aliphatic heterocycles. The van der Waals surface area contributed by atoms with Gasteiger partial charge in [0.05, 0.1) is 21.6 Å². The second kappa shape index (κ2) is 6.33. The third-order valence-electron chi connectivity index (χ3n) is 3.20. The molecule has 0 N–H and O–H groups in total. The maximum absolute atomic E-state index is 13.8. The molecular weight excluding hydrogens is 406 g/mol. The molecule has 0 bridgehead atoms. The summed E-state index contributed by atoms with van der Waals surface area (Å²) in [6.45, 7) is 0. The number of aromatic nitrogens is 2. The van der Waals surface area contributed by atoms with Crippen molar-refractivity contribution < 1.29 is 18.4 Å². The van der Waals surface area contributed by atoms with Gasteiger partial charge in [0, 0.05) is 16.7 Å². The molecule has 4 nitrogen and oxygen atoms in total. The molecule has 1 aromatic carbocycles. The Bertz CT molecular complexity index is 1010. The number of hydrogen-bond donors (Lipinski definition) is 0. The van der Waals surface area contributed by atoms with E-state index in [1.165, 1.54) is 12.1 Å². The number of rotatable bonds is 3. The molecule has 0 aliphatic carbocycles. The predicted octanol–water partition coefficient (Wildman–Crippen LogP) is 4.39. The first-order valence-electron chi connectivity index (χ1n) is 6.52. The molecule has 3 aromatic rings. The van der Waals surface area contributed by atoms with Gasteiger partial charge in [-0.15, -0.1) is 0 Å². The van der Waals surface area contributed by atoms with Gasteiger partial charge >= 0.3 is 0 Å². The number of Topliss-reactive ketones (excluding diaryl/α,β-unsaturated/α-hetero) is 2. The van der Waals surface area contributed by atoms with Crippen LogP contribution in [0, 0.1) is 11.6 Å². The molecule has 120 valence electrons. The number of carbonyl (C=O) groups excluding carboxylic acids is 2. The van der Waals surface area contributed by atoms with Gasteiger partial charge in [0.1, 0.15) is 17.3 Å². The third kappa shape index (κ3) is 3.05. The van der Waals surface area contributed by atoms with Crippen molar-refractivity contribution in [1.82, 2.24) is 9.97 Å². The molecule has 2 heterocycles. The van der Waals surface area contributed by atoms with Crippen molar-refractivity contribution in [3.63, 3.8) is 0 Å². The lowest BCUT2D eigenvalue weighted by molar-refractivity contribution is 0.0811. The van der Waals surface area contributed by atoms with Crippen LogP contribution in [0.25, 0.3) is 11.0 Å². The molecule has 24 heavy (non-hydrogen) atoms. The van der Waals surface area contributed by atoms with E-state index in [9.17, 15) is 18.4 Å². The van der Waals surface area contributed by atoms with Crippen LogP contribution < -0.4 is 0 Å². The largest absolute Gasteiger partial charge is 0.285 e. The van der Waals surface area contributed by atoms with E-state index in [1.807, 2.05) is 0 Å². The summed E-state index contributed by atoms with van der Waals surface area (Å²) in [5, 5.41) is -0.452.